The molecule has 7 heteroatoms. The third kappa shape index (κ3) is 3.99. The van der Waals surface area contributed by atoms with Crippen LogP contribution >= 0.6 is 10.7 Å². The average Bonchev–Trinajstić information content (AvgIpc) is 2.15. The summed E-state index contributed by atoms with van der Waals surface area (Å²) in [6.07, 6.45) is 0. The number of benzene rings is 1. The average molecular weight is 278 g/mol. The van der Waals surface area contributed by atoms with Gasteiger partial charge in [-0.15, -0.1) is 0 Å². The zero-order chi connectivity index (χ0) is 13.1. The Morgan fingerprint density at radius 2 is 2.12 bits per heavy atom. The summed E-state index contributed by atoms with van der Waals surface area (Å²) in [6.45, 7) is 1.54. The molecule has 0 unspecified atom stereocenters. The summed E-state index contributed by atoms with van der Waals surface area (Å²) in [7, 11) is 2.89. The number of carbonyl (C=O) groups excluding carboxylic acids is 1. The van der Waals surface area contributed by atoms with Crippen LogP contribution in [0.25, 0.3) is 0 Å². The van der Waals surface area contributed by atoms with Crippen molar-refractivity contribution in [1.29, 1.82) is 0 Å². The van der Waals surface area contributed by atoms with E-state index in [2.05, 4.69) is 10.1 Å². The lowest BCUT2D eigenvalue weighted by Crippen LogP contribution is -2.17. The van der Waals surface area contributed by atoms with Gasteiger partial charge < -0.3 is 10.1 Å². The van der Waals surface area contributed by atoms with Crippen molar-refractivity contribution in [3.05, 3.63) is 23.8 Å². The van der Waals surface area contributed by atoms with Gasteiger partial charge in [0.1, 0.15) is 6.61 Å². The Hall–Kier alpha value is -1.11. The SMILES string of the molecule is COCC(=O)Nc1ccc(S(=O)(=O)Cl)c(C)c1. The molecule has 1 aromatic carbocycles. The number of methoxy groups -OCH3 is 1. The Bertz CT molecular complexity index is 527. The van der Waals surface area contributed by atoms with E-state index in [1.165, 1.54) is 25.3 Å². The number of anilines is 1. The minimum Gasteiger partial charge on any atom is -0.375 e. The molecule has 0 bridgehead atoms. The second-order valence-electron chi connectivity index (χ2n) is 3.40. The zero-order valence-electron chi connectivity index (χ0n) is 9.36. The summed E-state index contributed by atoms with van der Waals surface area (Å²) in [5.41, 5.74) is 0.962. The maximum Gasteiger partial charge on any atom is 0.261 e. The van der Waals surface area contributed by atoms with Gasteiger partial charge in [-0.1, -0.05) is 0 Å². The molecule has 0 fully saturated rings. The molecule has 1 rings (SSSR count). The lowest BCUT2D eigenvalue weighted by atomic mass is 10.2. The van der Waals surface area contributed by atoms with E-state index in [4.69, 9.17) is 10.7 Å². The molecule has 0 radical (unpaired) electrons. The van der Waals surface area contributed by atoms with Gasteiger partial charge in [-0.2, -0.15) is 0 Å². The second-order valence-corrected chi connectivity index (χ2v) is 5.93. The molecule has 0 aromatic heterocycles. The number of carbonyl (C=O) groups is 1. The van der Waals surface area contributed by atoms with Crippen molar-refractivity contribution in [1.82, 2.24) is 0 Å². The van der Waals surface area contributed by atoms with E-state index >= 15 is 0 Å². The summed E-state index contributed by atoms with van der Waals surface area (Å²) in [6, 6.07) is 4.35. The van der Waals surface area contributed by atoms with Crippen molar-refractivity contribution in [3.8, 4) is 0 Å². The predicted octanol–water partition coefficient (Wildman–Crippen LogP) is 1.51. The van der Waals surface area contributed by atoms with Gasteiger partial charge in [0, 0.05) is 23.5 Å². The maximum absolute atomic E-state index is 11.2. The number of hydrogen-bond acceptors (Lipinski definition) is 4. The summed E-state index contributed by atoms with van der Waals surface area (Å²) >= 11 is 0. The van der Waals surface area contributed by atoms with Crippen molar-refractivity contribution >= 4 is 31.3 Å². The molecule has 0 heterocycles. The van der Waals surface area contributed by atoms with E-state index in [-0.39, 0.29) is 17.4 Å². The van der Waals surface area contributed by atoms with Crippen LogP contribution in [0.2, 0.25) is 0 Å². The lowest BCUT2D eigenvalue weighted by Gasteiger charge is -2.07. The van der Waals surface area contributed by atoms with Crippen molar-refractivity contribution in [2.45, 2.75) is 11.8 Å². The molecule has 1 N–H and O–H groups in total. The molecule has 1 amide bonds. The maximum atomic E-state index is 11.2. The third-order valence-electron chi connectivity index (χ3n) is 2.00. The molecule has 0 saturated heterocycles. The van der Waals surface area contributed by atoms with Crippen LogP contribution < -0.4 is 5.32 Å². The smallest absolute Gasteiger partial charge is 0.261 e. The fourth-order valence-corrected chi connectivity index (χ4v) is 2.52. The molecule has 0 saturated carbocycles. The second kappa shape index (κ2) is 5.48. The van der Waals surface area contributed by atoms with E-state index < -0.39 is 9.05 Å². The molecule has 0 aliphatic heterocycles. The van der Waals surface area contributed by atoms with E-state index in [1.807, 2.05) is 0 Å². The minimum absolute atomic E-state index is 0.0314. The third-order valence-corrected chi connectivity index (χ3v) is 3.48. The van der Waals surface area contributed by atoms with Gasteiger partial charge in [0.15, 0.2) is 0 Å². The van der Waals surface area contributed by atoms with Crippen LogP contribution in [0.15, 0.2) is 23.1 Å². The van der Waals surface area contributed by atoms with E-state index in [0.29, 0.717) is 11.3 Å². The molecular weight excluding hydrogens is 266 g/mol. The summed E-state index contributed by atoms with van der Waals surface area (Å²) in [4.78, 5) is 11.3. The topological polar surface area (TPSA) is 72.5 Å². The summed E-state index contributed by atoms with van der Waals surface area (Å²) in [5, 5.41) is 2.56. The van der Waals surface area contributed by atoms with Crippen molar-refractivity contribution in [2.75, 3.05) is 19.0 Å². The Balaban J connectivity index is 2.94. The number of halogens is 1. The molecule has 0 aliphatic rings. The normalized spacial score (nSPS) is 11.2. The highest BCUT2D eigenvalue weighted by atomic mass is 35.7. The van der Waals surface area contributed by atoms with Gasteiger partial charge in [-0.25, -0.2) is 8.42 Å². The number of rotatable bonds is 4. The van der Waals surface area contributed by atoms with Gasteiger partial charge in [-0.05, 0) is 30.7 Å². The molecule has 0 spiro atoms. The molecule has 0 atom stereocenters. The molecule has 94 valence electrons. The first-order valence-electron chi connectivity index (χ1n) is 4.68. The van der Waals surface area contributed by atoms with E-state index in [1.54, 1.807) is 6.92 Å². The molecular formula is C10H12ClNO4S. The lowest BCUT2D eigenvalue weighted by molar-refractivity contribution is -0.119. The fourth-order valence-electron chi connectivity index (χ4n) is 1.33. The van der Waals surface area contributed by atoms with Crippen LogP contribution in [0.4, 0.5) is 5.69 Å². The van der Waals surface area contributed by atoms with E-state index in [9.17, 15) is 13.2 Å². The summed E-state index contributed by atoms with van der Waals surface area (Å²) < 4.78 is 27.0. The van der Waals surface area contributed by atoms with Crippen molar-refractivity contribution in [2.24, 2.45) is 0 Å². The fraction of sp³-hybridized carbons (Fsp3) is 0.300. The van der Waals surface area contributed by atoms with Gasteiger partial charge in [0.05, 0.1) is 4.90 Å². The minimum atomic E-state index is -3.75. The number of nitrogens with one attached hydrogen (secondary N) is 1. The highest BCUT2D eigenvalue weighted by molar-refractivity contribution is 8.13. The van der Waals surface area contributed by atoms with Crippen LogP contribution in [0, 0.1) is 6.92 Å². The number of aryl methyl sites for hydroxylation is 1. The van der Waals surface area contributed by atoms with Crippen LogP contribution in [0.5, 0.6) is 0 Å². The standard InChI is InChI=1S/C10H12ClNO4S/c1-7-5-8(12-10(13)6-16-2)3-4-9(7)17(11,14)15/h3-5H,6H2,1-2H3,(H,12,13). The van der Waals surface area contributed by atoms with Gasteiger partial charge in [0.2, 0.25) is 5.91 Å². The largest absolute Gasteiger partial charge is 0.375 e. The number of ether oxygens (including phenoxy) is 1. The number of amides is 1. The first kappa shape index (κ1) is 14.0. The van der Waals surface area contributed by atoms with E-state index in [0.717, 1.165) is 0 Å². The van der Waals surface area contributed by atoms with Gasteiger partial charge in [-0.3, -0.25) is 4.79 Å². The molecule has 1 aromatic rings. The number of hydrogen-bond donors (Lipinski definition) is 1. The Labute approximate surface area is 104 Å². The molecule has 5 nitrogen and oxygen atoms in total. The first-order chi connectivity index (χ1) is 7.84. The monoisotopic (exact) mass is 277 g/mol. The summed E-state index contributed by atoms with van der Waals surface area (Å²) in [5.74, 6) is -0.312. The zero-order valence-corrected chi connectivity index (χ0v) is 10.9. The Morgan fingerprint density at radius 1 is 1.47 bits per heavy atom. The van der Waals surface area contributed by atoms with Gasteiger partial charge >= 0.3 is 0 Å². The highest BCUT2D eigenvalue weighted by Gasteiger charge is 2.13. The van der Waals surface area contributed by atoms with Crippen LogP contribution in [-0.4, -0.2) is 28.0 Å². The highest BCUT2D eigenvalue weighted by Crippen LogP contribution is 2.22. The predicted molar refractivity (Wildman–Crippen MR) is 64.7 cm³/mol. The van der Waals surface area contributed by atoms with Crippen LogP contribution in [0.1, 0.15) is 5.56 Å². The van der Waals surface area contributed by atoms with Crippen LogP contribution in [0.3, 0.4) is 0 Å². The van der Waals surface area contributed by atoms with Crippen LogP contribution in [-0.2, 0) is 18.6 Å². The first-order valence-corrected chi connectivity index (χ1v) is 6.99. The van der Waals surface area contributed by atoms with Gasteiger partial charge in [0.25, 0.3) is 9.05 Å². The molecule has 0 aliphatic carbocycles. The Kier molecular flexibility index (Phi) is 4.50. The van der Waals surface area contributed by atoms with Crippen molar-refractivity contribution in [3.63, 3.8) is 0 Å². The quantitative estimate of drug-likeness (QED) is 0.847. The molecule has 17 heavy (non-hydrogen) atoms. The van der Waals surface area contributed by atoms with Crippen molar-refractivity contribution < 1.29 is 17.9 Å². The Morgan fingerprint density at radius 3 is 2.59 bits per heavy atom.